The molecule has 0 aliphatic heterocycles. The number of hydrogen-bond acceptors (Lipinski definition) is 8. The number of methoxy groups -OCH3 is 1. The van der Waals surface area contributed by atoms with Crippen molar-refractivity contribution in [2.45, 2.75) is 63.3 Å². The van der Waals surface area contributed by atoms with Gasteiger partial charge in [-0.05, 0) is 81.8 Å². The Balaban J connectivity index is 1.56. The molecule has 1 heterocycles. The first kappa shape index (κ1) is 30.6. The molecule has 4 rings (SSSR count). The Bertz CT molecular complexity index is 1510. The van der Waals surface area contributed by atoms with Crippen molar-refractivity contribution in [1.29, 1.82) is 0 Å². The van der Waals surface area contributed by atoms with E-state index in [1.807, 2.05) is 29.0 Å². The Morgan fingerprint density at radius 1 is 1.15 bits per heavy atom. The van der Waals surface area contributed by atoms with E-state index in [0.29, 0.717) is 47.9 Å². The number of halogens is 1. The first-order valence-electron chi connectivity index (χ1n) is 13.3. The summed E-state index contributed by atoms with van der Waals surface area (Å²) in [6.07, 6.45) is 2.71. The highest BCUT2D eigenvalue weighted by molar-refractivity contribution is 7.91. The summed E-state index contributed by atoms with van der Waals surface area (Å²) in [6, 6.07) is 13.8. The number of aryl methyl sites for hydroxylation is 2. The Morgan fingerprint density at radius 3 is 2.34 bits per heavy atom. The molecule has 41 heavy (non-hydrogen) atoms. The van der Waals surface area contributed by atoms with Crippen LogP contribution in [0.5, 0.6) is 5.75 Å². The maximum absolute atomic E-state index is 14.0. The highest BCUT2D eigenvalue weighted by Crippen LogP contribution is 2.50. The van der Waals surface area contributed by atoms with Gasteiger partial charge >= 0.3 is 0 Å². The molecule has 1 aromatic heterocycles. The molecule has 0 bridgehead atoms. The standard InChI is InChI=1S/C29H35FN4O5S2/c1-19-25(26(35)33-41(37,38)28(2,3)31)32-24(40-19)18-34(17-5-6-20-7-11-22(30)12-8-20)27(36)29(15-16-29)21-9-13-23(39-4)14-10-21/h7-14H,5-6,15-18,31H2,1-4H3,(H,33,35). The van der Waals surface area contributed by atoms with Gasteiger partial charge < -0.3 is 15.4 Å². The number of carbonyl (C=O) groups is 2. The molecule has 1 fully saturated rings. The van der Waals surface area contributed by atoms with Gasteiger partial charge in [-0.2, -0.15) is 0 Å². The first-order valence-corrected chi connectivity index (χ1v) is 15.6. The molecular weight excluding hydrogens is 567 g/mol. The third-order valence-corrected chi connectivity index (χ3v) is 9.99. The van der Waals surface area contributed by atoms with Crippen molar-refractivity contribution in [1.82, 2.24) is 14.6 Å². The number of benzene rings is 2. The van der Waals surface area contributed by atoms with Gasteiger partial charge in [-0.25, -0.2) is 22.5 Å². The zero-order valence-electron chi connectivity index (χ0n) is 23.6. The maximum atomic E-state index is 14.0. The van der Waals surface area contributed by atoms with Gasteiger partial charge in [-0.3, -0.25) is 9.59 Å². The number of nitrogens with one attached hydrogen (secondary N) is 1. The normalized spacial score (nSPS) is 14.4. The quantitative estimate of drug-likeness (QED) is 0.320. The van der Waals surface area contributed by atoms with Crippen LogP contribution in [0.4, 0.5) is 4.39 Å². The number of ether oxygens (including phenoxy) is 1. The Labute approximate surface area is 244 Å². The lowest BCUT2D eigenvalue weighted by molar-refractivity contribution is -0.134. The average Bonchev–Trinajstić information content (AvgIpc) is 3.64. The number of hydrogen-bond donors (Lipinski definition) is 2. The lowest BCUT2D eigenvalue weighted by Crippen LogP contribution is -2.50. The Morgan fingerprint density at radius 2 is 1.78 bits per heavy atom. The van der Waals surface area contributed by atoms with Gasteiger partial charge in [0.2, 0.25) is 5.91 Å². The number of sulfonamides is 1. The van der Waals surface area contributed by atoms with Crippen LogP contribution in [0.1, 0.15) is 64.6 Å². The predicted octanol–water partition coefficient (Wildman–Crippen LogP) is 4.05. The molecule has 1 aliphatic rings. The molecule has 0 spiro atoms. The molecule has 1 aliphatic carbocycles. The summed E-state index contributed by atoms with van der Waals surface area (Å²) in [4.78, 5) is 31.9. The van der Waals surface area contributed by atoms with Crippen LogP contribution in [0.2, 0.25) is 0 Å². The molecule has 2 aromatic carbocycles. The molecule has 0 atom stereocenters. The van der Waals surface area contributed by atoms with E-state index in [-0.39, 0.29) is 24.0 Å². The summed E-state index contributed by atoms with van der Waals surface area (Å²) >= 11 is 1.24. The zero-order valence-corrected chi connectivity index (χ0v) is 25.2. The lowest BCUT2D eigenvalue weighted by Gasteiger charge is -2.27. The van der Waals surface area contributed by atoms with E-state index < -0.39 is 26.2 Å². The van der Waals surface area contributed by atoms with Crippen molar-refractivity contribution >= 4 is 33.2 Å². The molecule has 0 radical (unpaired) electrons. The van der Waals surface area contributed by atoms with Crippen LogP contribution >= 0.6 is 11.3 Å². The van der Waals surface area contributed by atoms with Crippen LogP contribution in [0.15, 0.2) is 48.5 Å². The third-order valence-electron chi connectivity index (χ3n) is 7.20. The number of nitrogens with two attached hydrogens (primary N) is 1. The second-order valence-electron chi connectivity index (χ2n) is 10.8. The van der Waals surface area contributed by atoms with Gasteiger partial charge in [0.15, 0.2) is 0 Å². The SMILES string of the molecule is COc1ccc(C2(C(=O)N(CCCc3ccc(F)cc3)Cc3nc(C(=O)NS(=O)(=O)C(C)(C)N)c(C)s3)CC2)cc1. The predicted molar refractivity (Wildman–Crippen MR) is 156 cm³/mol. The number of amides is 2. The van der Waals surface area contributed by atoms with Gasteiger partial charge in [0.05, 0.1) is 19.1 Å². The van der Waals surface area contributed by atoms with Crippen LogP contribution in [0, 0.1) is 12.7 Å². The summed E-state index contributed by atoms with van der Waals surface area (Å²) in [5.41, 5.74) is 6.91. The van der Waals surface area contributed by atoms with Crippen LogP contribution in [0.3, 0.4) is 0 Å². The number of aromatic nitrogens is 1. The molecule has 3 N–H and O–H groups in total. The largest absolute Gasteiger partial charge is 0.497 e. The van der Waals surface area contributed by atoms with Gasteiger partial charge in [0.25, 0.3) is 15.9 Å². The first-order chi connectivity index (χ1) is 19.3. The average molecular weight is 603 g/mol. The molecule has 0 unspecified atom stereocenters. The van der Waals surface area contributed by atoms with Crippen LogP contribution in [-0.2, 0) is 33.2 Å². The van der Waals surface area contributed by atoms with E-state index >= 15 is 0 Å². The van der Waals surface area contributed by atoms with E-state index in [2.05, 4.69) is 4.98 Å². The fourth-order valence-electron chi connectivity index (χ4n) is 4.54. The summed E-state index contributed by atoms with van der Waals surface area (Å²) in [6.45, 7) is 4.83. The molecule has 3 aromatic rings. The van der Waals surface area contributed by atoms with Gasteiger partial charge in [0.1, 0.15) is 27.1 Å². The van der Waals surface area contributed by atoms with E-state index in [9.17, 15) is 22.4 Å². The molecule has 12 heteroatoms. The summed E-state index contributed by atoms with van der Waals surface area (Å²) in [5, 5.41) is 0.512. The number of thiazole rings is 1. The number of carbonyl (C=O) groups excluding carboxylic acids is 2. The fourth-order valence-corrected chi connectivity index (χ4v) is 6.09. The van der Waals surface area contributed by atoms with E-state index in [1.54, 1.807) is 31.1 Å². The third kappa shape index (κ3) is 6.94. The number of rotatable bonds is 12. The second kappa shape index (κ2) is 11.9. The molecule has 0 saturated heterocycles. The van der Waals surface area contributed by atoms with E-state index in [0.717, 1.165) is 11.1 Å². The van der Waals surface area contributed by atoms with E-state index in [4.69, 9.17) is 10.5 Å². The van der Waals surface area contributed by atoms with Gasteiger partial charge in [-0.1, -0.05) is 24.3 Å². The number of nitrogens with zero attached hydrogens (tertiary/aromatic N) is 2. The van der Waals surface area contributed by atoms with Crippen LogP contribution in [0.25, 0.3) is 0 Å². The highest BCUT2D eigenvalue weighted by Gasteiger charge is 2.53. The van der Waals surface area contributed by atoms with Crippen LogP contribution < -0.4 is 15.2 Å². The van der Waals surface area contributed by atoms with Gasteiger partial charge in [-0.15, -0.1) is 11.3 Å². The molecular formula is C29H35FN4O5S2. The maximum Gasteiger partial charge on any atom is 0.284 e. The second-order valence-corrected chi connectivity index (χ2v) is 14.4. The van der Waals surface area contributed by atoms with Crippen LogP contribution in [-0.4, -0.2) is 48.6 Å². The zero-order chi connectivity index (χ0) is 30.0. The highest BCUT2D eigenvalue weighted by atomic mass is 32.2. The molecule has 9 nitrogen and oxygen atoms in total. The molecule has 2 amide bonds. The van der Waals surface area contributed by atoms with Crippen molar-refractivity contribution in [2.24, 2.45) is 5.73 Å². The molecule has 1 saturated carbocycles. The van der Waals surface area contributed by atoms with Gasteiger partial charge in [0, 0.05) is 11.4 Å². The lowest BCUT2D eigenvalue weighted by atomic mass is 9.94. The topological polar surface area (TPSA) is 132 Å². The summed E-state index contributed by atoms with van der Waals surface area (Å²) in [7, 11) is -2.54. The Hall–Kier alpha value is -3.35. The Kier molecular flexibility index (Phi) is 8.86. The summed E-state index contributed by atoms with van der Waals surface area (Å²) < 4.78 is 45.4. The van der Waals surface area contributed by atoms with E-state index in [1.165, 1.54) is 37.3 Å². The minimum atomic E-state index is -4.13. The summed E-state index contributed by atoms with van der Waals surface area (Å²) in [5.74, 6) is -0.498. The monoisotopic (exact) mass is 602 g/mol. The fraction of sp³-hybridized carbons (Fsp3) is 0.414. The van der Waals surface area contributed by atoms with Crippen molar-refractivity contribution in [3.05, 3.63) is 81.1 Å². The van der Waals surface area contributed by atoms with Crippen molar-refractivity contribution in [3.8, 4) is 5.75 Å². The minimum Gasteiger partial charge on any atom is -0.497 e. The molecule has 220 valence electrons. The minimum absolute atomic E-state index is 0.0205. The smallest absolute Gasteiger partial charge is 0.284 e. The van der Waals surface area contributed by atoms with Crippen molar-refractivity contribution in [2.75, 3.05) is 13.7 Å². The van der Waals surface area contributed by atoms with Crippen molar-refractivity contribution < 1.29 is 27.1 Å². The van der Waals surface area contributed by atoms with Crippen molar-refractivity contribution in [3.63, 3.8) is 0 Å².